The van der Waals surface area contributed by atoms with Crippen molar-refractivity contribution in [1.29, 1.82) is 0 Å². The molecule has 1 aliphatic rings. The maximum atomic E-state index is 13.2. The van der Waals surface area contributed by atoms with Crippen LogP contribution in [0.25, 0.3) is 0 Å². The molecule has 0 N–H and O–H groups in total. The summed E-state index contributed by atoms with van der Waals surface area (Å²) in [5.74, 6) is -1.33. The van der Waals surface area contributed by atoms with Crippen molar-refractivity contribution in [2.45, 2.75) is 6.04 Å². The Morgan fingerprint density at radius 3 is 2.57 bits per heavy atom. The molecule has 0 spiro atoms. The Kier molecular flexibility index (Phi) is 5.86. The highest BCUT2D eigenvalue weighted by Gasteiger charge is 2.35. The zero-order valence-corrected chi connectivity index (χ0v) is 15.4. The number of nitro groups is 1. The predicted molar refractivity (Wildman–Crippen MR) is 99.6 cm³/mol. The largest absolute Gasteiger partial charge is 0.378 e. The highest BCUT2D eigenvalue weighted by atomic mass is 35.5. The number of carbonyl (C=O) groups excluding carboxylic acids is 2. The van der Waals surface area contributed by atoms with E-state index < -0.39 is 28.2 Å². The number of pyridine rings is 1. The third-order valence-corrected chi connectivity index (χ3v) is 4.55. The van der Waals surface area contributed by atoms with Gasteiger partial charge in [-0.15, -0.1) is 0 Å². The summed E-state index contributed by atoms with van der Waals surface area (Å²) in [7, 11) is 0. The van der Waals surface area contributed by atoms with Crippen molar-refractivity contribution in [1.82, 2.24) is 9.47 Å². The minimum absolute atomic E-state index is 0.0484. The van der Waals surface area contributed by atoms with Crippen LogP contribution in [0.3, 0.4) is 0 Å². The molecule has 0 radical (unpaired) electrons. The summed E-state index contributed by atoms with van der Waals surface area (Å²) >= 11 is 5.96. The van der Waals surface area contributed by atoms with Gasteiger partial charge in [-0.25, -0.2) is 0 Å². The molecule has 1 atom stereocenters. The first-order valence-corrected chi connectivity index (χ1v) is 8.79. The number of hydrogen-bond donors (Lipinski definition) is 0. The van der Waals surface area contributed by atoms with E-state index in [4.69, 9.17) is 16.3 Å². The number of morpholine rings is 1. The lowest BCUT2D eigenvalue weighted by Crippen LogP contribution is -2.48. The van der Waals surface area contributed by atoms with Gasteiger partial charge < -0.3 is 9.64 Å². The molecule has 0 bridgehead atoms. The molecule has 3 rings (SSSR count). The van der Waals surface area contributed by atoms with E-state index >= 15 is 0 Å². The van der Waals surface area contributed by atoms with Gasteiger partial charge >= 0.3 is 0 Å². The van der Waals surface area contributed by atoms with Gasteiger partial charge in [-0.05, 0) is 6.07 Å². The van der Waals surface area contributed by atoms with Crippen molar-refractivity contribution in [2.75, 3.05) is 26.3 Å². The van der Waals surface area contributed by atoms with Crippen molar-refractivity contribution >= 4 is 29.0 Å². The first-order chi connectivity index (χ1) is 13.4. The van der Waals surface area contributed by atoms with Gasteiger partial charge in [0.15, 0.2) is 11.8 Å². The van der Waals surface area contributed by atoms with E-state index in [1.54, 1.807) is 0 Å². The molecule has 146 valence electrons. The summed E-state index contributed by atoms with van der Waals surface area (Å²) in [5.41, 5.74) is -0.927. The van der Waals surface area contributed by atoms with E-state index in [0.717, 1.165) is 16.7 Å². The normalized spacial score (nSPS) is 15.1. The van der Waals surface area contributed by atoms with E-state index in [0.29, 0.717) is 13.2 Å². The Bertz CT molecular complexity index is 983. The first-order valence-electron chi connectivity index (χ1n) is 8.41. The third kappa shape index (κ3) is 4.10. The Labute approximate surface area is 164 Å². The fourth-order valence-corrected chi connectivity index (χ4v) is 3.09. The van der Waals surface area contributed by atoms with Crippen molar-refractivity contribution in [3.8, 4) is 0 Å². The van der Waals surface area contributed by atoms with Crippen molar-refractivity contribution in [3.63, 3.8) is 0 Å². The number of nitro benzene ring substituents is 1. The molecule has 1 fully saturated rings. The lowest BCUT2D eigenvalue weighted by atomic mass is 10.0. The topological polar surface area (TPSA) is 112 Å². The third-order valence-electron chi connectivity index (χ3n) is 4.33. The van der Waals surface area contributed by atoms with Gasteiger partial charge in [0.25, 0.3) is 17.2 Å². The van der Waals surface area contributed by atoms with Crippen molar-refractivity contribution in [2.24, 2.45) is 0 Å². The number of hydrogen-bond acceptors (Lipinski definition) is 6. The molecule has 10 heteroatoms. The maximum Gasteiger partial charge on any atom is 0.270 e. The zero-order chi connectivity index (χ0) is 20.3. The second kappa shape index (κ2) is 8.32. The molecule has 1 aromatic heterocycles. The number of nitrogens with zero attached hydrogens (tertiary/aromatic N) is 3. The number of benzene rings is 1. The van der Waals surface area contributed by atoms with Crippen LogP contribution in [0, 0.1) is 10.1 Å². The van der Waals surface area contributed by atoms with Gasteiger partial charge in [0.2, 0.25) is 0 Å². The molecule has 1 amide bonds. The summed E-state index contributed by atoms with van der Waals surface area (Å²) in [6.45, 7) is 1.17. The molecular formula is C18H16ClN3O6. The summed E-state index contributed by atoms with van der Waals surface area (Å²) in [6, 6.07) is 6.02. The molecule has 1 saturated heterocycles. The Balaban J connectivity index is 2.07. The minimum atomic E-state index is -1.52. The molecule has 1 aromatic carbocycles. The Morgan fingerprint density at radius 2 is 1.89 bits per heavy atom. The van der Waals surface area contributed by atoms with Gasteiger partial charge in [-0.2, -0.15) is 0 Å². The number of rotatable bonds is 5. The summed E-state index contributed by atoms with van der Waals surface area (Å²) in [4.78, 5) is 50.4. The summed E-state index contributed by atoms with van der Waals surface area (Å²) in [6.07, 6.45) is 1.21. The molecule has 9 nitrogen and oxygen atoms in total. The van der Waals surface area contributed by atoms with Gasteiger partial charge in [0, 0.05) is 43.0 Å². The van der Waals surface area contributed by atoms with Crippen LogP contribution in [0.15, 0.2) is 47.4 Å². The van der Waals surface area contributed by atoms with Crippen LogP contribution < -0.4 is 5.56 Å². The fourth-order valence-electron chi connectivity index (χ4n) is 2.92. The monoisotopic (exact) mass is 405 g/mol. The fraction of sp³-hybridized carbons (Fsp3) is 0.278. The predicted octanol–water partition coefficient (Wildman–Crippen LogP) is 1.69. The first kappa shape index (κ1) is 19.7. The number of non-ortho nitro benzene ring substituents is 1. The molecule has 2 aromatic rings. The molecule has 0 aliphatic carbocycles. The second-order valence-corrected chi connectivity index (χ2v) is 6.54. The molecule has 28 heavy (non-hydrogen) atoms. The van der Waals surface area contributed by atoms with Crippen molar-refractivity contribution in [3.05, 3.63) is 73.6 Å². The van der Waals surface area contributed by atoms with Crippen LogP contribution in [0.4, 0.5) is 5.69 Å². The van der Waals surface area contributed by atoms with E-state index in [-0.39, 0.29) is 29.4 Å². The van der Waals surface area contributed by atoms with Crippen LogP contribution in [-0.2, 0) is 9.53 Å². The molecule has 0 saturated carbocycles. The van der Waals surface area contributed by atoms with Gasteiger partial charge in [0.05, 0.1) is 23.2 Å². The summed E-state index contributed by atoms with van der Waals surface area (Å²) in [5, 5.41) is 11.2. The number of ketones is 1. The highest BCUT2D eigenvalue weighted by molar-refractivity contribution is 6.30. The Morgan fingerprint density at radius 1 is 1.18 bits per heavy atom. The average molecular weight is 406 g/mol. The smallest absolute Gasteiger partial charge is 0.270 e. The van der Waals surface area contributed by atoms with Crippen LogP contribution >= 0.6 is 11.6 Å². The van der Waals surface area contributed by atoms with Crippen LogP contribution in [0.2, 0.25) is 5.02 Å². The van der Waals surface area contributed by atoms with E-state index in [1.165, 1.54) is 35.4 Å². The SMILES string of the molecule is O=C(c1cccc([N+](=O)[O-])c1)C(C(=O)N1CCOCC1)n1cc(Cl)ccc1=O. The molecule has 1 unspecified atom stereocenters. The van der Waals surface area contributed by atoms with E-state index in [2.05, 4.69) is 0 Å². The number of ether oxygens (including phenoxy) is 1. The van der Waals surface area contributed by atoms with Crippen LogP contribution in [0.1, 0.15) is 16.4 Å². The number of halogens is 1. The van der Waals surface area contributed by atoms with Gasteiger partial charge in [-0.1, -0.05) is 23.7 Å². The average Bonchev–Trinajstić information content (AvgIpc) is 2.71. The number of carbonyl (C=O) groups is 2. The number of amides is 1. The lowest BCUT2D eigenvalue weighted by Gasteiger charge is -2.30. The van der Waals surface area contributed by atoms with E-state index in [9.17, 15) is 24.5 Å². The minimum Gasteiger partial charge on any atom is -0.378 e. The van der Waals surface area contributed by atoms with Crippen molar-refractivity contribution < 1.29 is 19.2 Å². The molecular weight excluding hydrogens is 390 g/mol. The number of aromatic nitrogens is 1. The second-order valence-electron chi connectivity index (χ2n) is 6.10. The highest BCUT2D eigenvalue weighted by Crippen LogP contribution is 2.22. The molecule has 2 heterocycles. The Hall–Kier alpha value is -3.04. The summed E-state index contributed by atoms with van der Waals surface area (Å²) < 4.78 is 6.18. The maximum absolute atomic E-state index is 13.2. The quantitative estimate of drug-likeness (QED) is 0.324. The number of Topliss-reactive ketones (excluding diaryl/α,β-unsaturated/α-hetero) is 1. The van der Waals surface area contributed by atoms with E-state index in [1.807, 2.05) is 0 Å². The van der Waals surface area contributed by atoms with Crippen LogP contribution in [0.5, 0.6) is 0 Å². The standard InChI is InChI=1S/C18H16ClN3O6/c19-13-4-5-15(23)21(11-13)16(18(25)20-6-8-28-9-7-20)17(24)12-2-1-3-14(10-12)22(26)27/h1-5,10-11,16H,6-9H2. The lowest BCUT2D eigenvalue weighted by molar-refractivity contribution is -0.384. The van der Waals surface area contributed by atoms with Gasteiger partial charge in [-0.3, -0.25) is 29.1 Å². The van der Waals surface area contributed by atoms with Gasteiger partial charge in [0.1, 0.15) is 0 Å². The van der Waals surface area contributed by atoms with Crippen LogP contribution in [-0.4, -0.2) is 52.4 Å². The zero-order valence-electron chi connectivity index (χ0n) is 14.6. The molecule has 1 aliphatic heterocycles.